The maximum absolute atomic E-state index is 10.1. The van der Waals surface area contributed by atoms with Gasteiger partial charge in [-0.1, -0.05) is 0 Å². The number of aliphatic hydroxyl groups excluding tert-OH is 1. The Morgan fingerprint density at radius 2 is 2.38 bits per heavy atom. The van der Waals surface area contributed by atoms with Crippen molar-refractivity contribution in [2.24, 2.45) is 5.73 Å². The van der Waals surface area contributed by atoms with E-state index in [9.17, 15) is 9.59 Å². The Labute approximate surface area is 46.3 Å². The number of aliphatic hydroxyl groups is 1. The second kappa shape index (κ2) is 3.29. The second-order valence-electron chi connectivity index (χ2n) is 1.31. The molecule has 4 heteroatoms. The Morgan fingerprint density at radius 1 is 1.88 bits per heavy atom. The topological polar surface area (TPSA) is 80.4 Å². The summed E-state index contributed by atoms with van der Waals surface area (Å²) in [5.74, 6) is -0.771. The molecule has 46 valence electrons. The molecule has 1 atom stereocenters. The van der Waals surface area contributed by atoms with Crippen molar-refractivity contribution in [1.82, 2.24) is 0 Å². The number of rotatable bonds is 3. The molecule has 4 nitrogen and oxygen atoms in total. The van der Waals surface area contributed by atoms with Gasteiger partial charge in [-0.25, -0.2) is 0 Å². The van der Waals surface area contributed by atoms with Crippen LogP contribution in [0.5, 0.6) is 0 Å². The Kier molecular flexibility index (Phi) is 2.98. The third kappa shape index (κ3) is 1.81. The number of ketones is 1. The van der Waals surface area contributed by atoms with E-state index in [2.05, 4.69) is 0 Å². The minimum Gasteiger partial charge on any atom is -0.394 e. The highest BCUT2D eigenvalue weighted by atomic mass is 16.3. The SMILES string of the molecule is N[C@H](CO)C(=O)C=O. The van der Waals surface area contributed by atoms with Crippen molar-refractivity contribution in [1.29, 1.82) is 0 Å². The number of aldehydes is 1. The van der Waals surface area contributed by atoms with Crippen LogP contribution in [0, 0.1) is 0 Å². The largest absolute Gasteiger partial charge is 0.394 e. The summed E-state index contributed by atoms with van der Waals surface area (Å²) in [5, 5.41) is 8.13. The standard InChI is InChI=1S/C4H7NO3/c5-3(1-6)4(8)2-7/h2-3,6H,1,5H2/t3-/m1/s1. The van der Waals surface area contributed by atoms with Gasteiger partial charge in [0.25, 0.3) is 0 Å². The molecular formula is C4H7NO3. The zero-order chi connectivity index (χ0) is 6.57. The van der Waals surface area contributed by atoms with Gasteiger partial charge >= 0.3 is 0 Å². The molecule has 0 heterocycles. The monoisotopic (exact) mass is 117 g/mol. The van der Waals surface area contributed by atoms with E-state index in [1.807, 2.05) is 0 Å². The van der Waals surface area contributed by atoms with Gasteiger partial charge in [-0.2, -0.15) is 0 Å². The van der Waals surface area contributed by atoms with Crippen molar-refractivity contribution in [3.05, 3.63) is 0 Å². The van der Waals surface area contributed by atoms with Gasteiger partial charge in [0, 0.05) is 0 Å². The molecule has 0 unspecified atom stereocenters. The van der Waals surface area contributed by atoms with Gasteiger partial charge in [-0.05, 0) is 0 Å². The van der Waals surface area contributed by atoms with Gasteiger partial charge in [-0.15, -0.1) is 0 Å². The zero-order valence-electron chi connectivity index (χ0n) is 4.20. The normalized spacial score (nSPS) is 12.8. The Bertz CT molecular complexity index is 101. The minimum absolute atomic E-state index is 0.0981. The smallest absolute Gasteiger partial charge is 0.214 e. The third-order valence-electron chi connectivity index (χ3n) is 0.678. The Balaban J connectivity index is 3.62. The van der Waals surface area contributed by atoms with Crippen LogP contribution in [0.1, 0.15) is 0 Å². The average Bonchev–Trinajstić information content (AvgIpc) is 1.84. The fourth-order valence-corrected chi connectivity index (χ4v) is 0.177. The lowest BCUT2D eigenvalue weighted by Gasteiger charge is -1.97. The predicted molar refractivity (Wildman–Crippen MR) is 26.1 cm³/mol. The summed E-state index contributed by atoms with van der Waals surface area (Å²) < 4.78 is 0. The first kappa shape index (κ1) is 7.26. The van der Waals surface area contributed by atoms with E-state index in [1.165, 1.54) is 0 Å². The Hall–Kier alpha value is -0.740. The van der Waals surface area contributed by atoms with Gasteiger partial charge in [0.1, 0.15) is 0 Å². The maximum Gasteiger partial charge on any atom is 0.214 e. The van der Waals surface area contributed by atoms with Crippen molar-refractivity contribution < 1.29 is 14.7 Å². The fraction of sp³-hybridized carbons (Fsp3) is 0.500. The predicted octanol–water partition coefficient (Wildman–Crippen LogP) is -1.93. The van der Waals surface area contributed by atoms with Crippen molar-refractivity contribution in [3.63, 3.8) is 0 Å². The fourth-order valence-electron chi connectivity index (χ4n) is 0.177. The summed E-state index contributed by atoms with van der Waals surface area (Å²) >= 11 is 0. The summed E-state index contributed by atoms with van der Waals surface area (Å²) in [6.07, 6.45) is 0.0981. The van der Waals surface area contributed by atoms with Gasteiger partial charge in [0.05, 0.1) is 12.6 Å². The first-order valence-corrected chi connectivity index (χ1v) is 2.07. The van der Waals surface area contributed by atoms with Crippen LogP contribution in [0.15, 0.2) is 0 Å². The van der Waals surface area contributed by atoms with E-state index in [-0.39, 0.29) is 6.29 Å². The number of carbonyl (C=O) groups is 2. The van der Waals surface area contributed by atoms with Crippen LogP contribution in [-0.4, -0.2) is 29.8 Å². The molecule has 0 spiro atoms. The third-order valence-corrected chi connectivity index (χ3v) is 0.678. The van der Waals surface area contributed by atoms with Crippen LogP contribution in [-0.2, 0) is 9.59 Å². The number of hydrogen-bond acceptors (Lipinski definition) is 4. The first-order valence-electron chi connectivity index (χ1n) is 2.07. The van der Waals surface area contributed by atoms with Crippen molar-refractivity contribution >= 4 is 12.1 Å². The highest BCUT2D eigenvalue weighted by molar-refractivity contribution is 6.27. The minimum atomic E-state index is -1.03. The molecule has 0 saturated heterocycles. The molecule has 0 aromatic carbocycles. The van der Waals surface area contributed by atoms with E-state index in [4.69, 9.17) is 10.8 Å². The van der Waals surface area contributed by atoms with Gasteiger partial charge < -0.3 is 10.8 Å². The molecule has 0 aliphatic carbocycles. The van der Waals surface area contributed by atoms with Crippen LogP contribution in [0.3, 0.4) is 0 Å². The summed E-state index contributed by atoms with van der Waals surface area (Å²) in [4.78, 5) is 19.7. The number of nitrogens with two attached hydrogens (primary N) is 1. The molecule has 0 aliphatic heterocycles. The molecule has 8 heavy (non-hydrogen) atoms. The summed E-state index contributed by atoms with van der Waals surface area (Å²) in [5.41, 5.74) is 4.90. The van der Waals surface area contributed by atoms with Crippen LogP contribution in [0.2, 0.25) is 0 Å². The van der Waals surface area contributed by atoms with Crippen LogP contribution in [0.25, 0.3) is 0 Å². The second-order valence-corrected chi connectivity index (χ2v) is 1.31. The molecule has 0 aromatic heterocycles. The maximum atomic E-state index is 10.1. The Morgan fingerprint density at radius 3 is 2.50 bits per heavy atom. The molecule has 0 bridgehead atoms. The lowest BCUT2D eigenvalue weighted by molar-refractivity contribution is -0.131. The van der Waals surface area contributed by atoms with E-state index in [0.717, 1.165) is 0 Å². The highest BCUT2D eigenvalue weighted by Crippen LogP contribution is 1.73. The number of carbonyl (C=O) groups excluding carboxylic acids is 2. The quantitative estimate of drug-likeness (QED) is 0.333. The van der Waals surface area contributed by atoms with Crippen LogP contribution >= 0.6 is 0 Å². The van der Waals surface area contributed by atoms with E-state index in [0.29, 0.717) is 0 Å². The summed E-state index contributed by atoms with van der Waals surface area (Å²) in [6.45, 7) is -0.475. The van der Waals surface area contributed by atoms with Gasteiger partial charge in [0.15, 0.2) is 6.29 Å². The van der Waals surface area contributed by atoms with Gasteiger partial charge in [0.2, 0.25) is 5.78 Å². The molecule has 0 amide bonds. The van der Waals surface area contributed by atoms with Gasteiger partial charge in [-0.3, -0.25) is 9.59 Å². The van der Waals surface area contributed by atoms with Crippen LogP contribution < -0.4 is 5.73 Å². The molecule has 0 radical (unpaired) electrons. The summed E-state index contributed by atoms with van der Waals surface area (Å²) in [7, 11) is 0. The van der Waals surface area contributed by atoms with E-state index in [1.54, 1.807) is 0 Å². The highest BCUT2D eigenvalue weighted by Gasteiger charge is 2.08. The lowest BCUT2D eigenvalue weighted by atomic mass is 10.2. The number of hydrogen-bond donors (Lipinski definition) is 2. The van der Waals surface area contributed by atoms with Crippen molar-refractivity contribution in [3.8, 4) is 0 Å². The molecule has 0 fully saturated rings. The van der Waals surface area contributed by atoms with E-state index < -0.39 is 18.4 Å². The van der Waals surface area contributed by atoms with Crippen molar-refractivity contribution in [2.45, 2.75) is 6.04 Å². The molecule has 0 aliphatic rings. The average molecular weight is 117 g/mol. The van der Waals surface area contributed by atoms with E-state index >= 15 is 0 Å². The molecular weight excluding hydrogens is 110 g/mol. The molecule has 0 aromatic rings. The number of Topliss-reactive ketones (excluding diaryl/α,β-unsaturated/α-hetero) is 1. The van der Waals surface area contributed by atoms with Crippen molar-refractivity contribution in [2.75, 3.05) is 6.61 Å². The molecule has 3 N–H and O–H groups in total. The summed E-state index contributed by atoms with van der Waals surface area (Å²) in [6, 6.07) is -1.03. The zero-order valence-corrected chi connectivity index (χ0v) is 4.20. The molecule has 0 rings (SSSR count). The van der Waals surface area contributed by atoms with Crippen LogP contribution in [0.4, 0.5) is 0 Å². The lowest BCUT2D eigenvalue weighted by Crippen LogP contribution is -2.34. The molecule has 0 saturated carbocycles. The first-order chi connectivity index (χ1) is 3.72.